The number of rotatable bonds is 12. The van der Waals surface area contributed by atoms with Crippen molar-refractivity contribution >= 4 is 11.7 Å². The van der Waals surface area contributed by atoms with Gasteiger partial charge < -0.3 is 4.74 Å². The maximum absolute atomic E-state index is 11.6. The zero-order chi connectivity index (χ0) is 18.3. The molecule has 0 fully saturated rings. The molecule has 0 aromatic heterocycles. The average Bonchev–Trinajstić information content (AvgIpc) is 2.60. The van der Waals surface area contributed by atoms with E-state index >= 15 is 0 Å². The fourth-order valence-corrected chi connectivity index (χ4v) is 2.31. The van der Waals surface area contributed by atoms with Crippen molar-refractivity contribution in [2.24, 2.45) is 0 Å². The van der Waals surface area contributed by atoms with Crippen LogP contribution in [0.5, 0.6) is 5.75 Å². The molecule has 0 aliphatic heterocycles. The highest BCUT2D eigenvalue weighted by molar-refractivity contribution is 5.84. The number of benzene rings is 1. The van der Waals surface area contributed by atoms with Gasteiger partial charge in [-0.25, -0.2) is 4.79 Å². The van der Waals surface area contributed by atoms with Crippen LogP contribution >= 0.6 is 0 Å². The second kappa shape index (κ2) is 12.9. The normalized spacial score (nSPS) is 11.2. The molecule has 25 heavy (non-hydrogen) atoms. The quantitative estimate of drug-likeness (QED) is 0.0919. The Balaban J connectivity index is 2.16. The van der Waals surface area contributed by atoms with Gasteiger partial charge in [-0.2, -0.15) is 0 Å². The maximum atomic E-state index is 11.6. The van der Waals surface area contributed by atoms with Crippen molar-refractivity contribution in [3.05, 3.63) is 58.7 Å². The number of non-ortho nitro benzene ring substituents is 1. The summed E-state index contributed by atoms with van der Waals surface area (Å²) < 4.78 is 5.06. The van der Waals surface area contributed by atoms with Gasteiger partial charge in [0.15, 0.2) is 0 Å². The topological polar surface area (TPSA) is 69.4 Å². The summed E-state index contributed by atoms with van der Waals surface area (Å²) in [4.78, 5) is 21.7. The largest absolute Gasteiger partial charge is 0.423 e. The van der Waals surface area contributed by atoms with Crippen LogP contribution in [-0.2, 0) is 4.79 Å². The van der Waals surface area contributed by atoms with E-state index in [-0.39, 0.29) is 11.4 Å². The van der Waals surface area contributed by atoms with E-state index in [2.05, 4.69) is 6.92 Å². The number of hydrogen-bond donors (Lipinski definition) is 0. The molecule has 0 atom stereocenters. The first-order chi connectivity index (χ1) is 12.1. The van der Waals surface area contributed by atoms with Gasteiger partial charge >= 0.3 is 5.97 Å². The molecule has 0 aliphatic carbocycles. The third-order valence-corrected chi connectivity index (χ3v) is 3.72. The number of nitrogens with zero attached hydrogens (tertiary/aromatic N) is 1. The predicted molar refractivity (Wildman–Crippen MR) is 99.6 cm³/mol. The van der Waals surface area contributed by atoms with Crippen LogP contribution in [0.4, 0.5) is 5.69 Å². The average molecular weight is 345 g/mol. The molecule has 5 nitrogen and oxygen atoms in total. The number of nitro benzene ring substituents is 1. The lowest BCUT2D eigenvalue weighted by Gasteiger charge is -2.00. The molecule has 0 spiro atoms. The van der Waals surface area contributed by atoms with Crippen LogP contribution < -0.4 is 4.74 Å². The fourth-order valence-electron chi connectivity index (χ4n) is 2.31. The first-order valence-electron chi connectivity index (χ1n) is 8.93. The van der Waals surface area contributed by atoms with E-state index in [1.807, 2.05) is 12.2 Å². The lowest BCUT2D eigenvalue weighted by molar-refractivity contribution is -0.384. The van der Waals surface area contributed by atoms with Crippen molar-refractivity contribution in [1.29, 1.82) is 0 Å². The number of nitro groups is 1. The molecule has 0 radical (unpaired) electrons. The van der Waals surface area contributed by atoms with E-state index in [0.717, 1.165) is 6.42 Å². The summed E-state index contributed by atoms with van der Waals surface area (Å²) in [6, 6.07) is 5.41. The Morgan fingerprint density at radius 2 is 1.68 bits per heavy atom. The Hall–Kier alpha value is -2.43. The summed E-state index contributed by atoms with van der Waals surface area (Å²) >= 11 is 0. The number of carbonyl (C=O) groups excluding carboxylic acids is 1. The number of allylic oxidation sites excluding steroid dienone is 3. The second-order valence-electron chi connectivity index (χ2n) is 5.87. The van der Waals surface area contributed by atoms with Crippen molar-refractivity contribution in [3.8, 4) is 5.75 Å². The molecule has 1 aromatic rings. The molecular weight excluding hydrogens is 318 g/mol. The minimum atomic E-state index is -0.505. The van der Waals surface area contributed by atoms with Crippen LogP contribution in [0, 0.1) is 10.1 Å². The Bertz CT molecular complexity index is 576. The van der Waals surface area contributed by atoms with Gasteiger partial charge in [0, 0.05) is 18.2 Å². The molecule has 1 rings (SSSR count). The number of esters is 1. The lowest BCUT2D eigenvalue weighted by Crippen LogP contribution is -2.03. The monoisotopic (exact) mass is 345 g/mol. The zero-order valence-corrected chi connectivity index (χ0v) is 14.9. The number of carbonyl (C=O) groups is 1. The molecule has 0 amide bonds. The van der Waals surface area contributed by atoms with Gasteiger partial charge in [-0.1, -0.05) is 63.7 Å². The predicted octanol–water partition coefficient (Wildman–Crippen LogP) is 5.75. The van der Waals surface area contributed by atoms with Crippen LogP contribution in [0.3, 0.4) is 0 Å². The summed E-state index contributed by atoms with van der Waals surface area (Å²) in [7, 11) is 0. The maximum Gasteiger partial charge on any atom is 0.336 e. The minimum absolute atomic E-state index is 0.0383. The Kier molecular flexibility index (Phi) is 10.7. The highest BCUT2D eigenvalue weighted by Gasteiger charge is 2.05. The van der Waals surface area contributed by atoms with Crippen molar-refractivity contribution in [2.75, 3.05) is 0 Å². The third kappa shape index (κ3) is 10.1. The smallest absolute Gasteiger partial charge is 0.336 e. The second-order valence-corrected chi connectivity index (χ2v) is 5.87. The zero-order valence-electron chi connectivity index (χ0n) is 14.9. The van der Waals surface area contributed by atoms with Crippen LogP contribution in [0.1, 0.15) is 58.3 Å². The summed E-state index contributed by atoms with van der Waals surface area (Å²) in [5.41, 5.74) is -0.0383. The lowest BCUT2D eigenvalue weighted by atomic mass is 10.1. The Labute approximate surface area is 149 Å². The first-order valence-corrected chi connectivity index (χ1v) is 8.93. The van der Waals surface area contributed by atoms with Gasteiger partial charge in [-0.05, 0) is 25.0 Å². The van der Waals surface area contributed by atoms with Gasteiger partial charge in [0.25, 0.3) is 5.69 Å². The summed E-state index contributed by atoms with van der Waals surface area (Å²) in [5, 5.41) is 10.5. The van der Waals surface area contributed by atoms with Crippen LogP contribution in [-0.4, -0.2) is 10.9 Å². The highest BCUT2D eigenvalue weighted by Crippen LogP contribution is 2.17. The van der Waals surface area contributed by atoms with Crippen LogP contribution in [0.25, 0.3) is 0 Å². The van der Waals surface area contributed by atoms with Gasteiger partial charge in [-0.3, -0.25) is 10.1 Å². The third-order valence-electron chi connectivity index (χ3n) is 3.72. The van der Waals surface area contributed by atoms with Crippen molar-refractivity contribution < 1.29 is 14.5 Å². The molecule has 0 aliphatic rings. The van der Waals surface area contributed by atoms with Crippen molar-refractivity contribution in [2.45, 2.75) is 58.3 Å². The summed E-state index contributed by atoms with van der Waals surface area (Å²) in [5.74, 6) is -0.221. The van der Waals surface area contributed by atoms with Crippen molar-refractivity contribution in [3.63, 3.8) is 0 Å². The van der Waals surface area contributed by atoms with E-state index in [0.29, 0.717) is 0 Å². The molecule has 1 aromatic carbocycles. The van der Waals surface area contributed by atoms with E-state index in [9.17, 15) is 14.9 Å². The molecule has 0 unspecified atom stereocenters. The molecule has 136 valence electrons. The summed E-state index contributed by atoms with van der Waals surface area (Å²) in [6.45, 7) is 2.22. The van der Waals surface area contributed by atoms with Gasteiger partial charge in [0.05, 0.1) is 4.92 Å². The van der Waals surface area contributed by atoms with Crippen molar-refractivity contribution in [1.82, 2.24) is 0 Å². The Morgan fingerprint density at radius 3 is 2.32 bits per heavy atom. The molecular formula is C20H27NO4. The molecule has 0 bridgehead atoms. The van der Waals surface area contributed by atoms with E-state index in [4.69, 9.17) is 4.74 Å². The number of hydrogen-bond acceptors (Lipinski definition) is 4. The fraction of sp³-hybridized carbons (Fsp3) is 0.450. The summed E-state index contributed by atoms with van der Waals surface area (Å²) in [6.07, 6.45) is 16.9. The van der Waals surface area contributed by atoms with E-state index < -0.39 is 10.9 Å². The minimum Gasteiger partial charge on any atom is -0.423 e. The van der Waals surface area contributed by atoms with E-state index in [1.165, 1.54) is 75.3 Å². The molecule has 0 N–H and O–H groups in total. The standard InChI is InChI=1S/C20H27NO4/c1-2-3-4-5-6-7-8-9-10-11-12-13-20(22)25-19-16-14-18(15-17-19)21(23)24/h10-17H,2-9H2,1H3/b11-10+,13-12+. The number of ether oxygens (including phenoxy) is 1. The first kappa shape index (κ1) is 20.6. The molecule has 0 heterocycles. The van der Waals surface area contributed by atoms with Gasteiger partial charge in [0.2, 0.25) is 0 Å². The SMILES string of the molecule is CCCCCCCCC/C=C/C=C/C(=O)Oc1ccc([N+](=O)[O-])cc1. The van der Waals surface area contributed by atoms with Crippen LogP contribution in [0.15, 0.2) is 48.6 Å². The van der Waals surface area contributed by atoms with Crippen LogP contribution in [0.2, 0.25) is 0 Å². The van der Waals surface area contributed by atoms with Gasteiger partial charge in [-0.15, -0.1) is 0 Å². The molecule has 0 saturated heterocycles. The van der Waals surface area contributed by atoms with E-state index in [1.54, 1.807) is 6.08 Å². The Morgan fingerprint density at radius 1 is 1.04 bits per heavy atom. The highest BCUT2D eigenvalue weighted by atomic mass is 16.6. The number of unbranched alkanes of at least 4 members (excludes halogenated alkanes) is 7. The molecule has 5 heteroatoms. The molecule has 0 saturated carbocycles. The van der Waals surface area contributed by atoms with Gasteiger partial charge in [0.1, 0.15) is 5.75 Å².